The van der Waals surface area contributed by atoms with Crippen LogP contribution in [0, 0.1) is 11.3 Å². The molecule has 0 radical (unpaired) electrons. The van der Waals surface area contributed by atoms with Gasteiger partial charge < -0.3 is 14.6 Å². The van der Waals surface area contributed by atoms with Crippen molar-refractivity contribution in [1.82, 2.24) is 14.5 Å². The second-order valence-corrected chi connectivity index (χ2v) is 4.77. The summed E-state index contributed by atoms with van der Waals surface area (Å²) in [5.41, 5.74) is 2.29. The Balaban J connectivity index is 1.88. The van der Waals surface area contributed by atoms with Crippen molar-refractivity contribution in [1.29, 1.82) is 5.26 Å². The van der Waals surface area contributed by atoms with E-state index in [0.717, 1.165) is 23.1 Å². The lowest BCUT2D eigenvalue weighted by molar-refractivity contribution is 0.188. The second kappa shape index (κ2) is 6.24. The van der Waals surface area contributed by atoms with E-state index in [4.69, 9.17) is 10.00 Å². The molecule has 1 N–H and O–H groups in total. The van der Waals surface area contributed by atoms with Crippen molar-refractivity contribution in [3.8, 4) is 6.07 Å². The van der Waals surface area contributed by atoms with Crippen LogP contribution >= 0.6 is 0 Å². The molecule has 0 amide bonds. The van der Waals surface area contributed by atoms with Gasteiger partial charge in [-0.15, -0.1) is 0 Å². The maximum Gasteiger partial charge on any atom is 0.183 e. The highest BCUT2D eigenvalue weighted by Gasteiger charge is 2.06. The molecule has 3 aromatic rings. The number of hydrogen-bond acceptors (Lipinski definition) is 5. The molecule has 3 rings (SSSR count). The van der Waals surface area contributed by atoms with Gasteiger partial charge >= 0.3 is 0 Å². The van der Waals surface area contributed by atoms with Crippen LogP contribution < -0.4 is 5.32 Å². The lowest BCUT2D eigenvalue weighted by Crippen LogP contribution is -2.02. The number of anilines is 2. The van der Waals surface area contributed by atoms with Gasteiger partial charge in [0.25, 0.3) is 0 Å². The Hall–Kier alpha value is -2.91. The molecule has 0 saturated carbocycles. The average molecular weight is 293 g/mol. The molecule has 6 nitrogen and oxygen atoms in total. The summed E-state index contributed by atoms with van der Waals surface area (Å²) in [4.78, 5) is 8.14. The van der Waals surface area contributed by atoms with Gasteiger partial charge in [-0.05, 0) is 24.3 Å². The average Bonchev–Trinajstić information content (AvgIpc) is 2.95. The second-order valence-electron chi connectivity index (χ2n) is 4.77. The summed E-state index contributed by atoms with van der Waals surface area (Å²) in [6.07, 6.45) is 5.10. The van der Waals surface area contributed by atoms with Gasteiger partial charge in [0, 0.05) is 48.8 Å². The van der Waals surface area contributed by atoms with Gasteiger partial charge in [-0.2, -0.15) is 5.26 Å². The van der Waals surface area contributed by atoms with Crippen LogP contribution in [0.25, 0.3) is 10.9 Å². The molecule has 0 bridgehead atoms. The van der Waals surface area contributed by atoms with Crippen molar-refractivity contribution in [2.75, 3.05) is 19.0 Å². The molecule has 0 spiro atoms. The first kappa shape index (κ1) is 14.0. The molecule has 0 atom stereocenters. The van der Waals surface area contributed by atoms with Gasteiger partial charge in [0.15, 0.2) is 11.5 Å². The van der Waals surface area contributed by atoms with Crippen molar-refractivity contribution in [3.63, 3.8) is 0 Å². The van der Waals surface area contributed by atoms with Crippen LogP contribution in [0.4, 0.5) is 11.5 Å². The molecule has 2 heterocycles. The minimum atomic E-state index is 0.278. The van der Waals surface area contributed by atoms with E-state index < -0.39 is 0 Å². The highest BCUT2D eigenvalue weighted by atomic mass is 16.5. The number of ether oxygens (including phenoxy) is 1. The quantitative estimate of drug-likeness (QED) is 0.782. The van der Waals surface area contributed by atoms with Crippen molar-refractivity contribution in [2.24, 2.45) is 0 Å². The maximum atomic E-state index is 9.05. The van der Waals surface area contributed by atoms with Gasteiger partial charge in [0.05, 0.1) is 6.61 Å². The van der Waals surface area contributed by atoms with E-state index in [9.17, 15) is 0 Å². The van der Waals surface area contributed by atoms with Crippen LogP contribution in [-0.2, 0) is 11.3 Å². The van der Waals surface area contributed by atoms with Gasteiger partial charge in [0.2, 0.25) is 0 Å². The summed E-state index contributed by atoms with van der Waals surface area (Å²) >= 11 is 0. The number of benzene rings is 1. The monoisotopic (exact) mass is 293 g/mol. The standard InChI is InChI=1S/C16H15N5O/c1-22-9-8-21-7-4-12-10-13(2-3-15(12)21)20-16-14(11-17)18-5-6-19-16/h2-7,10H,8-9H2,1H3,(H,19,20). The molecule has 110 valence electrons. The minimum absolute atomic E-state index is 0.278. The van der Waals surface area contributed by atoms with E-state index in [0.29, 0.717) is 12.4 Å². The van der Waals surface area contributed by atoms with Gasteiger partial charge in [0.1, 0.15) is 6.07 Å². The summed E-state index contributed by atoms with van der Waals surface area (Å²) < 4.78 is 7.26. The number of nitriles is 1. The van der Waals surface area contributed by atoms with Crippen molar-refractivity contribution in [3.05, 3.63) is 48.5 Å². The molecule has 0 fully saturated rings. The summed E-state index contributed by atoms with van der Waals surface area (Å²) in [7, 11) is 1.70. The molecule has 0 saturated heterocycles. The molecule has 2 aromatic heterocycles. The normalized spacial score (nSPS) is 10.5. The van der Waals surface area contributed by atoms with E-state index in [1.807, 2.05) is 30.5 Å². The Morgan fingerprint density at radius 1 is 1.27 bits per heavy atom. The topological polar surface area (TPSA) is 75.8 Å². The van der Waals surface area contributed by atoms with Crippen LogP contribution in [0.1, 0.15) is 5.69 Å². The highest BCUT2D eigenvalue weighted by molar-refractivity contribution is 5.84. The number of rotatable bonds is 5. The zero-order valence-electron chi connectivity index (χ0n) is 12.2. The minimum Gasteiger partial charge on any atom is -0.383 e. The smallest absolute Gasteiger partial charge is 0.183 e. The first-order valence-electron chi connectivity index (χ1n) is 6.88. The van der Waals surface area contributed by atoms with E-state index in [1.165, 1.54) is 6.20 Å². The number of nitrogens with one attached hydrogen (secondary N) is 1. The Bertz CT molecular complexity index is 834. The first-order chi connectivity index (χ1) is 10.8. The summed E-state index contributed by atoms with van der Waals surface area (Å²) in [6, 6.07) is 10.1. The van der Waals surface area contributed by atoms with Gasteiger partial charge in [-0.1, -0.05) is 0 Å². The zero-order chi connectivity index (χ0) is 15.4. The fraction of sp³-hybridized carbons (Fsp3) is 0.188. The number of nitrogens with zero attached hydrogens (tertiary/aromatic N) is 4. The van der Waals surface area contributed by atoms with Gasteiger partial charge in [-0.3, -0.25) is 0 Å². The summed E-state index contributed by atoms with van der Waals surface area (Å²) in [6.45, 7) is 1.49. The number of hydrogen-bond donors (Lipinski definition) is 1. The first-order valence-corrected chi connectivity index (χ1v) is 6.88. The predicted molar refractivity (Wildman–Crippen MR) is 83.8 cm³/mol. The molecule has 0 aliphatic carbocycles. The van der Waals surface area contributed by atoms with Crippen LogP contribution in [0.15, 0.2) is 42.9 Å². The Morgan fingerprint density at radius 2 is 2.14 bits per heavy atom. The number of aromatic nitrogens is 3. The third kappa shape index (κ3) is 2.75. The predicted octanol–water partition coefficient (Wildman–Crippen LogP) is 2.69. The molecule has 22 heavy (non-hydrogen) atoms. The lowest BCUT2D eigenvalue weighted by atomic mass is 10.2. The summed E-state index contributed by atoms with van der Waals surface area (Å²) in [5.74, 6) is 0.461. The molecule has 6 heteroatoms. The third-order valence-electron chi connectivity index (χ3n) is 3.37. The largest absolute Gasteiger partial charge is 0.383 e. The molecular formula is C16H15N5O. The molecule has 0 aliphatic heterocycles. The van der Waals surface area contributed by atoms with Crippen molar-refractivity contribution in [2.45, 2.75) is 6.54 Å². The van der Waals surface area contributed by atoms with E-state index in [2.05, 4.69) is 25.9 Å². The third-order valence-corrected chi connectivity index (χ3v) is 3.37. The Kier molecular flexibility index (Phi) is 3.99. The van der Waals surface area contributed by atoms with E-state index in [-0.39, 0.29) is 5.69 Å². The van der Waals surface area contributed by atoms with Crippen molar-refractivity contribution >= 4 is 22.4 Å². The molecule has 1 aromatic carbocycles. The van der Waals surface area contributed by atoms with E-state index >= 15 is 0 Å². The van der Waals surface area contributed by atoms with Crippen LogP contribution in [0.3, 0.4) is 0 Å². The number of methoxy groups -OCH3 is 1. The molecule has 0 unspecified atom stereocenters. The highest BCUT2D eigenvalue weighted by Crippen LogP contribution is 2.23. The van der Waals surface area contributed by atoms with Gasteiger partial charge in [-0.25, -0.2) is 9.97 Å². The summed E-state index contributed by atoms with van der Waals surface area (Å²) in [5, 5.41) is 13.3. The van der Waals surface area contributed by atoms with Crippen molar-refractivity contribution < 1.29 is 4.74 Å². The van der Waals surface area contributed by atoms with Crippen LogP contribution in [0.5, 0.6) is 0 Å². The fourth-order valence-corrected chi connectivity index (χ4v) is 2.31. The Morgan fingerprint density at radius 3 is 2.95 bits per heavy atom. The molecule has 0 aliphatic rings. The fourth-order valence-electron chi connectivity index (χ4n) is 2.31. The van der Waals surface area contributed by atoms with E-state index in [1.54, 1.807) is 13.3 Å². The maximum absolute atomic E-state index is 9.05. The number of fused-ring (bicyclic) bond motifs is 1. The molecular weight excluding hydrogens is 278 g/mol. The Labute approximate surface area is 128 Å². The van der Waals surface area contributed by atoms with Crippen LogP contribution in [0.2, 0.25) is 0 Å². The zero-order valence-corrected chi connectivity index (χ0v) is 12.2. The van der Waals surface area contributed by atoms with Crippen LogP contribution in [-0.4, -0.2) is 28.3 Å². The lowest BCUT2D eigenvalue weighted by Gasteiger charge is -2.08. The SMILES string of the molecule is COCCn1ccc2cc(Nc3nccnc3C#N)ccc21.